The van der Waals surface area contributed by atoms with Crippen LogP contribution in [0.15, 0.2) is 158 Å². The molecule has 1 aliphatic heterocycles. The van der Waals surface area contributed by atoms with E-state index in [4.69, 9.17) is 19.7 Å². The second-order valence-corrected chi connectivity index (χ2v) is 13.2. The Morgan fingerprint density at radius 1 is 0.510 bits per heavy atom. The minimum Gasteiger partial charge on any atom is -0.484 e. The van der Waals surface area contributed by atoms with Crippen molar-refractivity contribution in [1.29, 1.82) is 0 Å². The first-order chi connectivity index (χ1) is 25.3. The maximum Gasteiger partial charge on any atom is 0.238 e. The fourth-order valence-corrected chi connectivity index (χ4v) is 8.17. The van der Waals surface area contributed by atoms with Crippen LogP contribution in [0.5, 0.6) is 5.75 Å². The molecule has 0 amide bonds. The highest BCUT2D eigenvalue weighted by atomic mass is 16.5. The normalized spacial score (nSPS) is 15.9. The van der Waals surface area contributed by atoms with E-state index in [9.17, 15) is 0 Å². The number of hydrogen-bond acceptors (Lipinski definition) is 4. The van der Waals surface area contributed by atoms with Crippen LogP contribution < -0.4 is 4.74 Å². The summed E-state index contributed by atoms with van der Waals surface area (Å²) in [6.07, 6.45) is 4.38. The molecule has 0 N–H and O–H groups in total. The minimum atomic E-state index is -0.191. The number of nitrogens with zero attached hydrogens (tertiary/aromatic N) is 5. The van der Waals surface area contributed by atoms with Crippen molar-refractivity contribution in [3.05, 3.63) is 175 Å². The van der Waals surface area contributed by atoms with Crippen LogP contribution in [0, 0.1) is 0 Å². The van der Waals surface area contributed by atoms with E-state index in [2.05, 4.69) is 143 Å². The van der Waals surface area contributed by atoms with Gasteiger partial charge in [-0.3, -0.25) is 4.57 Å². The van der Waals surface area contributed by atoms with Crippen LogP contribution in [-0.4, -0.2) is 24.1 Å². The monoisotopic (exact) mass is 655 g/mol. The van der Waals surface area contributed by atoms with Crippen molar-refractivity contribution in [3.8, 4) is 40.2 Å². The summed E-state index contributed by atoms with van der Waals surface area (Å²) >= 11 is 0. The van der Waals surface area contributed by atoms with Gasteiger partial charge < -0.3 is 9.30 Å². The number of ether oxygens (including phenoxy) is 1. The van der Waals surface area contributed by atoms with E-state index in [0.717, 1.165) is 55.6 Å². The van der Waals surface area contributed by atoms with Crippen molar-refractivity contribution in [2.24, 2.45) is 0 Å². The van der Waals surface area contributed by atoms with Crippen LogP contribution in [0.1, 0.15) is 28.8 Å². The van der Waals surface area contributed by atoms with E-state index in [1.165, 1.54) is 16.5 Å². The van der Waals surface area contributed by atoms with Gasteiger partial charge in [0.2, 0.25) is 5.95 Å². The molecule has 0 saturated carbocycles. The highest BCUT2D eigenvalue weighted by molar-refractivity contribution is 6.09. The smallest absolute Gasteiger partial charge is 0.238 e. The maximum absolute atomic E-state index is 7.13. The Hall–Kier alpha value is -6.79. The van der Waals surface area contributed by atoms with E-state index >= 15 is 0 Å². The van der Waals surface area contributed by atoms with E-state index in [1.54, 1.807) is 0 Å². The summed E-state index contributed by atoms with van der Waals surface area (Å²) in [5.41, 5.74) is 9.65. The fourth-order valence-electron chi connectivity index (χ4n) is 8.17. The average Bonchev–Trinajstić information content (AvgIpc) is 3.86. The molecule has 4 heterocycles. The predicted molar refractivity (Wildman–Crippen MR) is 203 cm³/mol. The molecule has 11 rings (SSSR count). The number of fused-ring (bicyclic) bond motifs is 10. The maximum atomic E-state index is 7.13. The first kappa shape index (κ1) is 28.1. The molecule has 6 heteroatoms. The standard InChI is InChI=1S/C45H29N5O/c1-3-14-28(15-4-1)43-46-44(48-45(47-43)50-36-23-10-7-18-30(36)31-19-8-11-24-37(31)50)35-22-13-21-32-33-26-27-39-40(42(33)51-41(32)35)34-20-9-12-25-38(34)49(39)29-16-5-2-6-17-29/h1-27,33,42H. The number of benzene rings is 6. The second kappa shape index (κ2) is 10.9. The minimum absolute atomic E-state index is 0.0507. The second-order valence-electron chi connectivity index (χ2n) is 13.2. The summed E-state index contributed by atoms with van der Waals surface area (Å²) in [6.45, 7) is 0. The lowest BCUT2D eigenvalue weighted by molar-refractivity contribution is 0.225. The molecule has 0 spiro atoms. The topological polar surface area (TPSA) is 57.8 Å². The highest BCUT2D eigenvalue weighted by Crippen LogP contribution is 2.55. The molecular weight excluding hydrogens is 627 g/mol. The van der Waals surface area contributed by atoms with Crippen molar-refractivity contribution in [3.63, 3.8) is 0 Å². The lowest BCUT2D eigenvalue weighted by Crippen LogP contribution is -2.13. The van der Waals surface area contributed by atoms with Gasteiger partial charge in [0.15, 0.2) is 11.6 Å². The van der Waals surface area contributed by atoms with E-state index < -0.39 is 0 Å². The number of para-hydroxylation sites is 5. The van der Waals surface area contributed by atoms with Crippen LogP contribution >= 0.6 is 0 Å². The molecule has 6 nitrogen and oxygen atoms in total. The number of aromatic nitrogens is 5. The Morgan fingerprint density at radius 2 is 1.12 bits per heavy atom. The lowest BCUT2D eigenvalue weighted by atomic mass is 9.85. The SMILES string of the molecule is C1=CC2c3cccc(-c4nc(-c5ccccc5)nc(-n5c6ccccc6c6ccccc65)n4)c3OC2c2c1n(-c1ccccc1)c1ccccc21. The van der Waals surface area contributed by atoms with Gasteiger partial charge in [-0.25, -0.2) is 4.98 Å². The van der Waals surface area contributed by atoms with Gasteiger partial charge in [-0.2, -0.15) is 9.97 Å². The quantitative estimate of drug-likeness (QED) is 0.189. The van der Waals surface area contributed by atoms with Crippen LogP contribution in [0.3, 0.4) is 0 Å². The first-order valence-electron chi connectivity index (χ1n) is 17.3. The third kappa shape index (κ3) is 4.14. The molecule has 0 saturated heterocycles. The summed E-state index contributed by atoms with van der Waals surface area (Å²) in [5.74, 6) is 2.62. The summed E-state index contributed by atoms with van der Waals surface area (Å²) in [7, 11) is 0. The van der Waals surface area contributed by atoms with Gasteiger partial charge in [0.1, 0.15) is 11.9 Å². The molecule has 2 aliphatic rings. The van der Waals surface area contributed by atoms with Gasteiger partial charge in [0.05, 0.1) is 27.8 Å². The Morgan fingerprint density at radius 3 is 1.84 bits per heavy atom. The van der Waals surface area contributed by atoms with Crippen molar-refractivity contribution in [1.82, 2.24) is 24.1 Å². The van der Waals surface area contributed by atoms with Gasteiger partial charge in [-0.05, 0) is 42.5 Å². The predicted octanol–water partition coefficient (Wildman–Crippen LogP) is 10.5. The molecule has 0 radical (unpaired) electrons. The van der Waals surface area contributed by atoms with Crippen molar-refractivity contribution in [2.45, 2.75) is 12.0 Å². The Balaban J connectivity index is 1.11. The largest absolute Gasteiger partial charge is 0.484 e. The number of rotatable bonds is 4. The van der Waals surface area contributed by atoms with Crippen molar-refractivity contribution >= 4 is 38.8 Å². The molecule has 0 fully saturated rings. The van der Waals surface area contributed by atoms with E-state index in [0.29, 0.717) is 17.6 Å². The molecule has 51 heavy (non-hydrogen) atoms. The van der Waals surface area contributed by atoms with Gasteiger partial charge in [-0.1, -0.05) is 121 Å². The highest BCUT2D eigenvalue weighted by Gasteiger charge is 2.41. The van der Waals surface area contributed by atoms with Gasteiger partial charge in [-0.15, -0.1) is 0 Å². The summed E-state index contributed by atoms with van der Waals surface area (Å²) < 4.78 is 11.6. The lowest BCUT2D eigenvalue weighted by Gasteiger charge is -2.22. The third-order valence-corrected chi connectivity index (χ3v) is 10.4. The fraction of sp³-hybridized carbons (Fsp3) is 0.0444. The van der Waals surface area contributed by atoms with Crippen molar-refractivity contribution < 1.29 is 4.74 Å². The molecule has 1 aliphatic carbocycles. The van der Waals surface area contributed by atoms with Crippen LogP contribution in [0.4, 0.5) is 0 Å². The van der Waals surface area contributed by atoms with E-state index in [1.807, 2.05) is 30.3 Å². The van der Waals surface area contributed by atoms with Gasteiger partial charge >= 0.3 is 0 Å². The molecule has 0 bridgehead atoms. The van der Waals surface area contributed by atoms with Crippen LogP contribution in [0.25, 0.3) is 73.2 Å². The Kier molecular flexibility index (Phi) is 5.98. The zero-order chi connectivity index (χ0) is 33.5. The van der Waals surface area contributed by atoms with Gasteiger partial charge in [0, 0.05) is 44.5 Å². The van der Waals surface area contributed by atoms with Crippen molar-refractivity contribution in [2.75, 3.05) is 0 Å². The molecule has 2 atom stereocenters. The molecule has 240 valence electrons. The Labute approximate surface area is 293 Å². The first-order valence-corrected chi connectivity index (χ1v) is 17.3. The van der Waals surface area contributed by atoms with Crippen LogP contribution in [0.2, 0.25) is 0 Å². The Bertz CT molecular complexity index is 2800. The molecular formula is C45H29N5O. The summed E-state index contributed by atoms with van der Waals surface area (Å²) in [6, 6.07) is 52.5. The average molecular weight is 656 g/mol. The summed E-state index contributed by atoms with van der Waals surface area (Å²) in [4.78, 5) is 15.5. The third-order valence-electron chi connectivity index (χ3n) is 10.4. The molecule has 6 aromatic carbocycles. The zero-order valence-electron chi connectivity index (χ0n) is 27.4. The number of hydrogen-bond donors (Lipinski definition) is 0. The molecule has 2 unspecified atom stereocenters. The van der Waals surface area contributed by atoms with Gasteiger partial charge in [0.25, 0.3) is 0 Å². The van der Waals surface area contributed by atoms with Crippen LogP contribution in [-0.2, 0) is 0 Å². The van der Waals surface area contributed by atoms with E-state index in [-0.39, 0.29) is 12.0 Å². The summed E-state index contributed by atoms with van der Waals surface area (Å²) in [5, 5.41) is 3.51. The molecule has 9 aromatic rings. The molecule has 3 aromatic heterocycles. The zero-order valence-corrected chi connectivity index (χ0v) is 27.4.